The van der Waals surface area contributed by atoms with Crippen molar-refractivity contribution in [1.29, 1.82) is 0 Å². The van der Waals surface area contributed by atoms with Gasteiger partial charge in [-0.1, -0.05) is 23.2 Å². The summed E-state index contributed by atoms with van der Waals surface area (Å²) in [6.07, 6.45) is 0. The number of nitrogens with one attached hydrogen (secondary N) is 1. The minimum atomic E-state index is -1.45. The van der Waals surface area contributed by atoms with E-state index in [4.69, 9.17) is 42.1 Å². The van der Waals surface area contributed by atoms with Crippen molar-refractivity contribution in [3.05, 3.63) is 34.3 Å². The van der Waals surface area contributed by atoms with Gasteiger partial charge in [0, 0.05) is 12.1 Å². The van der Waals surface area contributed by atoms with E-state index < -0.39 is 17.7 Å². The van der Waals surface area contributed by atoms with Crippen LogP contribution in [0.1, 0.15) is 20.8 Å². The molecule has 1 N–H and O–H groups in total. The van der Waals surface area contributed by atoms with Crippen molar-refractivity contribution in [1.82, 2.24) is 0 Å². The Kier molecular flexibility index (Phi) is 9.74. The van der Waals surface area contributed by atoms with Gasteiger partial charge in [-0.25, -0.2) is 0 Å². The van der Waals surface area contributed by atoms with E-state index in [1.54, 1.807) is 19.1 Å². The van der Waals surface area contributed by atoms with Crippen LogP contribution >= 0.6 is 23.2 Å². The number of methoxy groups -OCH3 is 2. The largest absolute Gasteiger partial charge is 0.494 e. The van der Waals surface area contributed by atoms with E-state index in [2.05, 4.69) is 15.5 Å². The van der Waals surface area contributed by atoms with Crippen LogP contribution < -0.4 is 24.3 Å². The number of azo groups is 1. The molecule has 9 nitrogen and oxygen atoms in total. The first kappa shape index (κ1) is 26.2. The van der Waals surface area contributed by atoms with Crippen LogP contribution in [0, 0.1) is 0 Å². The Bertz CT molecular complexity index is 1050. The highest BCUT2D eigenvalue weighted by Gasteiger charge is 2.25. The fourth-order valence-electron chi connectivity index (χ4n) is 2.77. The predicted molar refractivity (Wildman–Crippen MR) is 126 cm³/mol. The van der Waals surface area contributed by atoms with Crippen LogP contribution in [0.3, 0.4) is 0 Å². The monoisotopic (exact) mass is 497 g/mol. The fourth-order valence-corrected chi connectivity index (χ4v) is 3.25. The Morgan fingerprint density at radius 3 is 2.27 bits per heavy atom. The third kappa shape index (κ3) is 6.49. The predicted octanol–water partition coefficient (Wildman–Crippen LogP) is 5.49. The van der Waals surface area contributed by atoms with Crippen LogP contribution in [0.4, 0.5) is 11.4 Å². The lowest BCUT2D eigenvalue weighted by molar-refractivity contribution is -0.126. The molecule has 33 heavy (non-hydrogen) atoms. The summed E-state index contributed by atoms with van der Waals surface area (Å²) in [5.74, 6) is 0.159. The average Bonchev–Trinajstić information content (AvgIpc) is 2.77. The quantitative estimate of drug-likeness (QED) is 0.324. The zero-order chi connectivity index (χ0) is 24.5. The van der Waals surface area contributed by atoms with Crippen molar-refractivity contribution in [3.63, 3.8) is 0 Å². The zero-order valence-corrected chi connectivity index (χ0v) is 20.4. The first-order valence-electron chi connectivity index (χ1n) is 9.99. The number of benzene rings is 2. The van der Waals surface area contributed by atoms with Crippen LogP contribution in [0.25, 0.3) is 0 Å². The smallest absolute Gasteiger partial charge is 0.258 e. The molecule has 0 heterocycles. The van der Waals surface area contributed by atoms with E-state index >= 15 is 0 Å². The highest BCUT2D eigenvalue weighted by molar-refractivity contribution is 6.35. The molecule has 0 bridgehead atoms. The normalized spacial score (nSPS) is 11.7. The van der Waals surface area contributed by atoms with Gasteiger partial charge in [0.1, 0.15) is 27.2 Å². The molecule has 0 aliphatic heterocycles. The molecule has 1 atom stereocenters. The van der Waals surface area contributed by atoms with Gasteiger partial charge < -0.3 is 24.3 Å². The first-order chi connectivity index (χ1) is 15.8. The average molecular weight is 498 g/mol. The number of carbonyl (C=O) groups excluding carboxylic acids is 2. The second-order valence-corrected chi connectivity index (χ2v) is 7.26. The summed E-state index contributed by atoms with van der Waals surface area (Å²) in [6.45, 7) is 5.60. The summed E-state index contributed by atoms with van der Waals surface area (Å²) in [5, 5.41) is 10.8. The van der Waals surface area contributed by atoms with Crippen LogP contribution in [-0.4, -0.2) is 45.2 Å². The minimum Gasteiger partial charge on any atom is -0.494 e. The molecule has 2 aromatic carbocycles. The lowest BCUT2D eigenvalue weighted by atomic mass is 10.2. The minimum absolute atomic E-state index is 0.122. The van der Waals surface area contributed by atoms with Crippen LogP contribution in [-0.2, 0) is 9.59 Å². The topological polar surface area (TPSA) is 108 Å². The van der Waals surface area contributed by atoms with E-state index in [9.17, 15) is 9.59 Å². The number of amides is 1. The second-order valence-electron chi connectivity index (χ2n) is 6.50. The Balaban J connectivity index is 2.35. The summed E-state index contributed by atoms with van der Waals surface area (Å²) >= 11 is 12.7. The van der Waals surface area contributed by atoms with Gasteiger partial charge in [-0.3, -0.25) is 9.59 Å². The van der Waals surface area contributed by atoms with Gasteiger partial charge in [-0.2, -0.15) is 10.2 Å². The van der Waals surface area contributed by atoms with Gasteiger partial charge in [0.25, 0.3) is 5.91 Å². The van der Waals surface area contributed by atoms with E-state index in [0.717, 1.165) is 0 Å². The maximum absolute atomic E-state index is 12.9. The third-order valence-electron chi connectivity index (χ3n) is 4.26. The van der Waals surface area contributed by atoms with Gasteiger partial charge in [0.2, 0.25) is 6.04 Å². The van der Waals surface area contributed by atoms with E-state index in [-0.39, 0.29) is 27.2 Å². The summed E-state index contributed by atoms with van der Waals surface area (Å²) in [4.78, 5) is 25.0. The number of hydrogen-bond donors (Lipinski definition) is 1. The Morgan fingerprint density at radius 2 is 1.70 bits per heavy atom. The first-order valence-corrected chi connectivity index (χ1v) is 10.7. The molecule has 0 fully saturated rings. The molecule has 0 spiro atoms. The number of Topliss-reactive ketones (excluding diaryl/α,β-unsaturated/α-hetero) is 1. The van der Waals surface area contributed by atoms with Gasteiger partial charge in [-0.05, 0) is 32.9 Å². The highest BCUT2D eigenvalue weighted by atomic mass is 35.5. The molecule has 0 aliphatic carbocycles. The zero-order valence-electron chi connectivity index (χ0n) is 18.9. The SMILES string of the molecule is CCOc1cc(NC(=O)C(N=Nc2ccc(OC)c(OC)c2Cl)C(C)=O)c(Cl)c(OCC)c1. The van der Waals surface area contributed by atoms with Gasteiger partial charge in [0.15, 0.2) is 17.3 Å². The lowest BCUT2D eigenvalue weighted by Crippen LogP contribution is -2.32. The number of rotatable bonds is 11. The molecule has 1 unspecified atom stereocenters. The molecule has 0 aliphatic rings. The van der Waals surface area contributed by atoms with Gasteiger partial charge >= 0.3 is 0 Å². The van der Waals surface area contributed by atoms with Crippen molar-refractivity contribution in [2.75, 3.05) is 32.8 Å². The Labute approximate surface area is 202 Å². The maximum atomic E-state index is 12.9. The summed E-state index contributed by atoms with van der Waals surface area (Å²) in [7, 11) is 2.89. The summed E-state index contributed by atoms with van der Waals surface area (Å²) < 4.78 is 21.4. The second kappa shape index (κ2) is 12.3. The number of nitrogens with zero attached hydrogens (tertiary/aromatic N) is 2. The molecule has 2 aromatic rings. The molecule has 0 radical (unpaired) electrons. The molecule has 1 amide bonds. The van der Waals surface area contributed by atoms with Crippen LogP contribution in [0.2, 0.25) is 10.0 Å². The van der Waals surface area contributed by atoms with Crippen LogP contribution in [0.5, 0.6) is 23.0 Å². The molecular formula is C22H25Cl2N3O6. The molecule has 0 aromatic heterocycles. The molecule has 0 saturated heterocycles. The molecule has 0 saturated carbocycles. The number of hydrogen-bond acceptors (Lipinski definition) is 8. The van der Waals surface area contributed by atoms with Crippen LogP contribution in [0.15, 0.2) is 34.5 Å². The van der Waals surface area contributed by atoms with E-state index in [1.807, 2.05) is 6.92 Å². The number of ether oxygens (including phenoxy) is 4. The van der Waals surface area contributed by atoms with Gasteiger partial charge in [-0.15, -0.1) is 0 Å². The van der Waals surface area contributed by atoms with E-state index in [0.29, 0.717) is 30.5 Å². The fraction of sp³-hybridized carbons (Fsp3) is 0.364. The van der Waals surface area contributed by atoms with Gasteiger partial charge in [0.05, 0.1) is 33.1 Å². The van der Waals surface area contributed by atoms with E-state index in [1.165, 1.54) is 33.3 Å². The standard InChI is InChI=1S/C22H25Cl2N3O6/c1-6-32-13-10-15(18(23)17(11-13)33-7-2)25-22(29)20(12(3)28)27-26-14-8-9-16(30-4)21(31-5)19(14)24/h8-11,20H,6-7H2,1-5H3,(H,25,29). The molecule has 2 rings (SSSR count). The summed E-state index contributed by atoms with van der Waals surface area (Å²) in [5.41, 5.74) is 0.407. The number of ketones is 1. The van der Waals surface area contributed by atoms with Crippen molar-refractivity contribution >= 4 is 46.3 Å². The molecule has 178 valence electrons. The number of anilines is 1. The maximum Gasteiger partial charge on any atom is 0.258 e. The highest BCUT2D eigenvalue weighted by Crippen LogP contribution is 2.41. The third-order valence-corrected chi connectivity index (χ3v) is 5.02. The molecular weight excluding hydrogens is 473 g/mol. The molecule has 11 heteroatoms. The van der Waals surface area contributed by atoms with Crippen molar-refractivity contribution < 1.29 is 28.5 Å². The van der Waals surface area contributed by atoms with Crippen molar-refractivity contribution in [3.8, 4) is 23.0 Å². The number of carbonyl (C=O) groups is 2. The number of halogens is 2. The Hall–Kier alpha value is -3.04. The lowest BCUT2D eigenvalue weighted by Gasteiger charge is -2.15. The van der Waals surface area contributed by atoms with Crippen molar-refractivity contribution in [2.45, 2.75) is 26.8 Å². The summed E-state index contributed by atoms with van der Waals surface area (Å²) in [6, 6.07) is 4.81. The van der Waals surface area contributed by atoms with Crippen molar-refractivity contribution in [2.24, 2.45) is 10.2 Å². The Morgan fingerprint density at radius 1 is 1.00 bits per heavy atom.